The van der Waals surface area contributed by atoms with Crippen molar-refractivity contribution in [2.24, 2.45) is 5.92 Å². The lowest BCUT2D eigenvalue weighted by Gasteiger charge is -2.18. The summed E-state index contributed by atoms with van der Waals surface area (Å²) in [4.78, 5) is 5.35. The number of hydrogen-bond donors (Lipinski definition) is 1. The first-order valence-corrected chi connectivity index (χ1v) is 6.00. The van der Waals surface area contributed by atoms with Gasteiger partial charge in [-0.15, -0.1) is 5.23 Å². The Bertz CT molecular complexity index is 386. The van der Waals surface area contributed by atoms with E-state index in [1.807, 2.05) is 31.2 Å². The van der Waals surface area contributed by atoms with E-state index >= 15 is 0 Å². The van der Waals surface area contributed by atoms with Crippen molar-refractivity contribution in [1.82, 2.24) is 0 Å². The second-order valence-electron chi connectivity index (χ2n) is 4.76. The molecule has 0 spiro atoms. The molecule has 3 nitrogen and oxygen atoms in total. The number of anilines is 1. The topological polar surface area (TPSA) is 32.7 Å². The zero-order chi connectivity index (χ0) is 12.3. The van der Waals surface area contributed by atoms with Gasteiger partial charge in [-0.25, -0.2) is 4.84 Å². The van der Waals surface area contributed by atoms with Crippen LogP contribution in [0.4, 0.5) is 5.69 Å². The summed E-state index contributed by atoms with van der Waals surface area (Å²) in [6.07, 6.45) is 3.21. The van der Waals surface area contributed by atoms with Gasteiger partial charge in [0.05, 0.1) is 12.3 Å². The molecule has 1 fully saturated rings. The van der Waals surface area contributed by atoms with Crippen LogP contribution in [-0.2, 0) is 4.84 Å². The maximum absolute atomic E-state index is 9.73. The second-order valence-corrected chi connectivity index (χ2v) is 4.76. The van der Waals surface area contributed by atoms with E-state index in [-0.39, 0.29) is 0 Å². The van der Waals surface area contributed by atoms with E-state index in [1.54, 1.807) is 0 Å². The minimum Gasteiger partial charge on any atom is -0.264 e. The van der Waals surface area contributed by atoms with Gasteiger partial charge in [-0.05, 0) is 44.2 Å². The van der Waals surface area contributed by atoms with Crippen LogP contribution in [0.3, 0.4) is 0 Å². The third-order valence-corrected chi connectivity index (χ3v) is 3.17. The molecule has 92 valence electrons. The lowest BCUT2D eigenvalue weighted by Crippen LogP contribution is -2.22. The molecule has 1 atom stereocenters. The maximum Gasteiger partial charge on any atom is 0.0945 e. The van der Waals surface area contributed by atoms with E-state index in [9.17, 15) is 5.21 Å². The van der Waals surface area contributed by atoms with Gasteiger partial charge in [-0.1, -0.05) is 29.8 Å². The predicted octanol–water partition coefficient (Wildman–Crippen LogP) is 3.48. The fourth-order valence-corrected chi connectivity index (χ4v) is 2.09. The highest BCUT2D eigenvalue weighted by molar-refractivity contribution is 5.42. The van der Waals surface area contributed by atoms with E-state index in [0.717, 1.165) is 30.1 Å². The van der Waals surface area contributed by atoms with E-state index in [4.69, 9.17) is 4.84 Å². The van der Waals surface area contributed by atoms with Crippen LogP contribution in [0.2, 0.25) is 0 Å². The third-order valence-electron chi connectivity index (χ3n) is 3.17. The molecule has 1 unspecified atom stereocenters. The molecule has 17 heavy (non-hydrogen) atoms. The van der Waals surface area contributed by atoms with E-state index in [1.165, 1.54) is 5.57 Å². The number of hydrogen-bond acceptors (Lipinski definition) is 3. The number of benzene rings is 1. The molecule has 1 N–H and O–H groups in total. The first-order chi connectivity index (χ1) is 8.15. The summed E-state index contributed by atoms with van der Waals surface area (Å²) < 4.78 is 0. The molecule has 3 heteroatoms. The van der Waals surface area contributed by atoms with Gasteiger partial charge in [0.15, 0.2) is 0 Å². The van der Waals surface area contributed by atoms with Crippen LogP contribution in [-0.4, -0.2) is 11.8 Å². The minimum atomic E-state index is 0.489. The van der Waals surface area contributed by atoms with Crippen molar-refractivity contribution in [3.8, 4) is 0 Å². The first kappa shape index (κ1) is 12.1. The van der Waals surface area contributed by atoms with Crippen molar-refractivity contribution in [3.05, 3.63) is 42.0 Å². The minimum absolute atomic E-state index is 0.489. The van der Waals surface area contributed by atoms with Crippen LogP contribution in [0, 0.1) is 12.8 Å². The second kappa shape index (κ2) is 5.34. The van der Waals surface area contributed by atoms with Crippen molar-refractivity contribution in [1.29, 1.82) is 0 Å². The average Bonchev–Trinajstić information content (AvgIpc) is 2.73. The molecule has 1 aliphatic carbocycles. The van der Waals surface area contributed by atoms with Gasteiger partial charge in [0.25, 0.3) is 0 Å². The Morgan fingerprint density at radius 2 is 2.12 bits per heavy atom. The molecule has 0 radical (unpaired) electrons. The van der Waals surface area contributed by atoms with Crippen LogP contribution in [0.1, 0.15) is 24.8 Å². The summed E-state index contributed by atoms with van der Waals surface area (Å²) >= 11 is 0. The number of rotatable bonds is 4. The van der Waals surface area contributed by atoms with Crippen LogP contribution in [0.5, 0.6) is 0 Å². The highest BCUT2D eigenvalue weighted by Crippen LogP contribution is 2.29. The maximum atomic E-state index is 9.73. The fraction of sp³-hybridized carbons (Fsp3) is 0.429. The zero-order valence-electron chi connectivity index (χ0n) is 10.2. The van der Waals surface area contributed by atoms with Gasteiger partial charge in [0, 0.05) is 0 Å². The molecule has 1 aromatic carbocycles. The molecule has 1 aliphatic rings. The molecule has 0 aromatic heterocycles. The SMILES string of the molecule is C=C1CCC(CON(O)c2ccc(C)cc2)C1. The van der Waals surface area contributed by atoms with Crippen molar-refractivity contribution < 1.29 is 10.0 Å². The monoisotopic (exact) mass is 233 g/mol. The first-order valence-electron chi connectivity index (χ1n) is 6.00. The van der Waals surface area contributed by atoms with Crippen LogP contribution < -0.4 is 5.23 Å². The lowest BCUT2D eigenvalue weighted by atomic mass is 10.1. The van der Waals surface area contributed by atoms with Gasteiger partial charge < -0.3 is 0 Å². The van der Waals surface area contributed by atoms with Gasteiger partial charge in [0.1, 0.15) is 0 Å². The molecule has 2 rings (SSSR count). The third kappa shape index (κ3) is 3.32. The standard InChI is InChI=1S/C14H19NO2/c1-11-4-7-14(8-5-11)15(16)17-10-13-6-3-12(2)9-13/h4-5,7-8,13,16H,2-3,6,9-10H2,1H3. The van der Waals surface area contributed by atoms with E-state index in [0.29, 0.717) is 18.2 Å². The van der Waals surface area contributed by atoms with Crippen LogP contribution in [0.25, 0.3) is 0 Å². The molecule has 0 aliphatic heterocycles. The summed E-state index contributed by atoms with van der Waals surface area (Å²) in [5.74, 6) is 0.489. The van der Waals surface area contributed by atoms with Crippen molar-refractivity contribution in [3.63, 3.8) is 0 Å². The molecule has 0 amide bonds. The molecule has 0 heterocycles. The Morgan fingerprint density at radius 3 is 2.71 bits per heavy atom. The number of allylic oxidation sites excluding steroid dienone is 1. The largest absolute Gasteiger partial charge is 0.264 e. The number of nitrogens with zero attached hydrogens (tertiary/aromatic N) is 1. The normalized spacial score (nSPS) is 19.6. The van der Waals surface area contributed by atoms with E-state index < -0.39 is 0 Å². The molecular weight excluding hydrogens is 214 g/mol. The number of aryl methyl sites for hydroxylation is 1. The van der Waals surface area contributed by atoms with Crippen molar-refractivity contribution in [2.75, 3.05) is 11.8 Å². The Kier molecular flexibility index (Phi) is 3.82. The summed E-state index contributed by atoms with van der Waals surface area (Å²) in [5, 5.41) is 10.6. The Hall–Kier alpha value is -1.32. The van der Waals surface area contributed by atoms with E-state index in [2.05, 4.69) is 6.58 Å². The summed E-state index contributed by atoms with van der Waals surface area (Å²) in [6.45, 7) is 6.52. The van der Waals surface area contributed by atoms with Gasteiger partial charge >= 0.3 is 0 Å². The van der Waals surface area contributed by atoms with Gasteiger partial charge in [-0.3, -0.25) is 5.21 Å². The van der Waals surface area contributed by atoms with Crippen LogP contribution >= 0.6 is 0 Å². The molecule has 1 saturated carbocycles. The molecule has 0 saturated heterocycles. The molecule has 1 aromatic rings. The van der Waals surface area contributed by atoms with Crippen LogP contribution in [0.15, 0.2) is 36.4 Å². The summed E-state index contributed by atoms with van der Waals surface area (Å²) in [6, 6.07) is 7.56. The summed E-state index contributed by atoms with van der Waals surface area (Å²) in [5.41, 5.74) is 3.11. The smallest absolute Gasteiger partial charge is 0.0945 e. The quantitative estimate of drug-likeness (QED) is 0.638. The summed E-state index contributed by atoms with van der Waals surface area (Å²) in [7, 11) is 0. The highest BCUT2D eigenvalue weighted by Gasteiger charge is 2.19. The Labute approximate surface area is 102 Å². The van der Waals surface area contributed by atoms with Crippen molar-refractivity contribution in [2.45, 2.75) is 26.2 Å². The molecular formula is C14H19NO2. The van der Waals surface area contributed by atoms with Gasteiger partial charge in [0.2, 0.25) is 0 Å². The predicted molar refractivity (Wildman–Crippen MR) is 67.9 cm³/mol. The Balaban J connectivity index is 1.82. The fourth-order valence-electron chi connectivity index (χ4n) is 2.09. The lowest BCUT2D eigenvalue weighted by molar-refractivity contribution is -0.0535. The Morgan fingerprint density at radius 1 is 1.41 bits per heavy atom. The zero-order valence-corrected chi connectivity index (χ0v) is 10.2. The van der Waals surface area contributed by atoms with Gasteiger partial charge in [-0.2, -0.15) is 0 Å². The average molecular weight is 233 g/mol. The molecule has 0 bridgehead atoms. The van der Waals surface area contributed by atoms with Crippen molar-refractivity contribution >= 4 is 5.69 Å². The highest BCUT2D eigenvalue weighted by atomic mass is 16.9.